The van der Waals surface area contributed by atoms with E-state index >= 15 is 0 Å². The smallest absolute Gasteiger partial charge is 0.303 e. The van der Waals surface area contributed by atoms with Gasteiger partial charge in [-0.3, -0.25) is 19.3 Å². The number of carboxylic acid groups (broad SMARTS) is 1. The number of hydrogen-bond acceptors (Lipinski definition) is 3. The summed E-state index contributed by atoms with van der Waals surface area (Å²) in [5.41, 5.74) is 10.9. The molecule has 0 radical (unpaired) electrons. The van der Waals surface area contributed by atoms with Crippen molar-refractivity contribution in [2.45, 2.75) is 12.8 Å². The Bertz CT molecular complexity index is 1320. The quantitative estimate of drug-likeness (QED) is 0.214. The molecule has 0 atom stereocenters. The van der Waals surface area contributed by atoms with Crippen LogP contribution in [-0.4, -0.2) is 26.0 Å². The van der Waals surface area contributed by atoms with Gasteiger partial charge in [-0.15, -0.1) is 0 Å². The van der Waals surface area contributed by atoms with Gasteiger partial charge in [-0.05, 0) is 48.5 Å². The summed E-state index contributed by atoms with van der Waals surface area (Å²) in [5, 5.41) is 16.5. The normalized spacial score (nSPS) is 10.8. The Morgan fingerprint density at radius 1 is 0.938 bits per heavy atom. The number of aryl methyl sites for hydroxylation is 1. The van der Waals surface area contributed by atoms with Crippen molar-refractivity contribution >= 4 is 24.0 Å². The van der Waals surface area contributed by atoms with Crippen LogP contribution in [0.3, 0.4) is 0 Å². The SMILES string of the molecule is N=C(N)c1ccc(-c2cn(-c3ccc(CCC(=O)O)cc3)c(=S)n2-c2ccccc2)cc1. The lowest BCUT2D eigenvalue weighted by atomic mass is 10.1. The molecule has 0 unspecified atom stereocenters. The number of nitrogens with zero attached hydrogens (tertiary/aromatic N) is 2. The molecular formula is C25H22N4O2S. The van der Waals surface area contributed by atoms with Gasteiger partial charge in [0, 0.05) is 35.1 Å². The number of carbonyl (C=O) groups is 1. The number of carboxylic acids is 1. The number of para-hydroxylation sites is 1. The number of aromatic nitrogens is 2. The molecule has 4 aromatic rings. The molecule has 0 aliphatic carbocycles. The standard InChI is InChI=1S/C25H22N4O2S/c26-24(27)19-11-9-18(10-12-19)22-16-28(25(32)29(22)21-4-2-1-3-5-21)20-13-6-17(7-14-20)8-15-23(30)31/h1-7,9-14,16H,8,15H2,(H3,26,27)(H,30,31). The predicted octanol–water partition coefficient (Wildman–Crippen LogP) is 4.97. The number of aliphatic carboxylic acids is 1. The van der Waals surface area contributed by atoms with Crippen LogP contribution in [0.1, 0.15) is 17.5 Å². The van der Waals surface area contributed by atoms with Crippen molar-refractivity contribution in [2.24, 2.45) is 5.73 Å². The van der Waals surface area contributed by atoms with Gasteiger partial charge in [0.2, 0.25) is 0 Å². The Kier molecular flexibility index (Phi) is 6.00. The molecular weight excluding hydrogens is 420 g/mol. The van der Waals surface area contributed by atoms with E-state index < -0.39 is 5.97 Å². The molecule has 0 saturated heterocycles. The van der Waals surface area contributed by atoms with Gasteiger partial charge < -0.3 is 10.8 Å². The van der Waals surface area contributed by atoms with Crippen LogP contribution in [0.2, 0.25) is 0 Å². The summed E-state index contributed by atoms with van der Waals surface area (Å²) >= 11 is 5.86. The maximum absolute atomic E-state index is 10.8. The van der Waals surface area contributed by atoms with Gasteiger partial charge in [0.1, 0.15) is 5.84 Å². The van der Waals surface area contributed by atoms with Crippen molar-refractivity contribution in [1.29, 1.82) is 5.41 Å². The maximum atomic E-state index is 10.8. The minimum atomic E-state index is -0.809. The zero-order valence-corrected chi connectivity index (χ0v) is 18.0. The number of benzene rings is 3. The van der Waals surface area contributed by atoms with Crippen molar-refractivity contribution in [3.8, 4) is 22.6 Å². The van der Waals surface area contributed by atoms with Crippen molar-refractivity contribution in [2.75, 3.05) is 0 Å². The van der Waals surface area contributed by atoms with E-state index in [1.165, 1.54) is 0 Å². The van der Waals surface area contributed by atoms with E-state index in [2.05, 4.69) is 0 Å². The largest absolute Gasteiger partial charge is 0.481 e. The predicted molar refractivity (Wildman–Crippen MR) is 128 cm³/mol. The highest BCUT2D eigenvalue weighted by molar-refractivity contribution is 7.71. The van der Waals surface area contributed by atoms with Crippen LogP contribution in [-0.2, 0) is 11.2 Å². The van der Waals surface area contributed by atoms with E-state index in [1.54, 1.807) is 0 Å². The summed E-state index contributed by atoms with van der Waals surface area (Å²) in [6.07, 6.45) is 2.58. The van der Waals surface area contributed by atoms with Crippen molar-refractivity contribution in [1.82, 2.24) is 9.13 Å². The highest BCUT2D eigenvalue weighted by atomic mass is 32.1. The highest BCUT2D eigenvalue weighted by Crippen LogP contribution is 2.27. The average Bonchev–Trinajstić information content (AvgIpc) is 3.15. The summed E-state index contributed by atoms with van der Waals surface area (Å²) in [6.45, 7) is 0. The minimum absolute atomic E-state index is 0.0250. The Morgan fingerprint density at radius 2 is 1.59 bits per heavy atom. The molecule has 4 rings (SSSR count). The molecule has 0 aliphatic rings. The van der Waals surface area contributed by atoms with E-state index in [0.717, 1.165) is 28.2 Å². The Morgan fingerprint density at radius 3 is 2.19 bits per heavy atom. The number of hydrogen-bond donors (Lipinski definition) is 3. The highest BCUT2D eigenvalue weighted by Gasteiger charge is 2.14. The molecule has 160 valence electrons. The van der Waals surface area contributed by atoms with E-state index in [9.17, 15) is 4.79 Å². The number of rotatable bonds is 7. The van der Waals surface area contributed by atoms with Gasteiger partial charge in [-0.25, -0.2) is 0 Å². The first-order chi connectivity index (χ1) is 15.4. The van der Waals surface area contributed by atoms with E-state index in [1.807, 2.05) is 94.2 Å². The third-order valence-corrected chi connectivity index (χ3v) is 5.62. The van der Waals surface area contributed by atoms with Crippen molar-refractivity contribution in [3.63, 3.8) is 0 Å². The number of nitrogens with one attached hydrogen (secondary N) is 1. The molecule has 32 heavy (non-hydrogen) atoms. The lowest BCUT2D eigenvalue weighted by molar-refractivity contribution is -0.136. The Balaban J connectivity index is 1.80. The molecule has 0 aliphatic heterocycles. The van der Waals surface area contributed by atoms with Crippen LogP contribution in [0.15, 0.2) is 85.1 Å². The van der Waals surface area contributed by atoms with Gasteiger partial charge in [-0.1, -0.05) is 54.6 Å². The average molecular weight is 443 g/mol. The van der Waals surface area contributed by atoms with Gasteiger partial charge >= 0.3 is 5.97 Å². The molecule has 0 spiro atoms. The minimum Gasteiger partial charge on any atom is -0.481 e. The number of imidazole rings is 1. The number of nitrogens with two attached hydrogens (primary N) is 1. The van der Waals surface area contributed by atoms with Gasteiger partial charge in [0.25, 0.3) is 0 Å². The molecule has 0 saturated carbocycles. The molecule has 3 aromatic carbocycles. The van der Waals surface area contributed by atoms with Crippen LogP contribution in [0.5, 0.6) is 0 Å². The zero-order valence-electron chi connectivity index (χ0n) is 17.2. The molecule has 1 heterocycles. The molecule has 1 aromatic heterocycles. The second-order valence-corrected chi connectivity index (χ2v) is 7.75. The maximum Gasteiger partial charge on any atom is 0.303 e. The lowest BCUT2D eigenvalue weighted by Crippen LogP contribution is -2.10. The summed E-state index contributed by atoms with van der Waals surface area (Å²) in [7, 11) is 0. The van der Waals surface area contributed by atoms with Crippen molar-refractivity contribution in [3.05, 3.63) is 101 Å². The Hall–Kier alpha value is -3.97. The topological polar surface area (TPSA) is 97.0 Å². The first kappa shape index (κ1) is 21.3. The Labute approximate surface area is 190 Å². The van der Waals surface area contributed by atoms with Gasteiger partial charge in [0.05, 0.1) is 5.69 Å². The summed E-state index contributed by atoms with van der Waals surface area (Å²) < 4.78 is 4.56. The molecule has 4 N–H and O–H groups in total. The van der Waals surface area contributed by atoms with E-state index in [4.69, 9.17) is 28.5 Å². The van der Waals surface area contributed by atoms with Gasteiger partial charge in [-0.2, -0.15) is 0 Å². The first-order valence-electron chi connectivity index (χ1n) is 10.1. The van der Waals surface area contributed by atoms with Crippen molar-refractivity contribution < 1.29 is 9.90 Å². The molecule has 0 bridgehead atoms. The monoisotopic (exact) mass is 442 g/mol. The van der Waals surface area contributed by atoms with E-state index in [-0.39, 0.29) is 12.3 Å². The van der Waals surface area contributed by atoms with Gasteiger partial charge in [0.15, 0.2) is 4.77 Å². The number of amidine groups is 1. The molecule has 0 amide bonds. The lowest BCUT2D eigenvalue weighted by Gasteiger charge is -2.09. The second-order valence-electron chi connectivity index (χ2n) is 7.39. The fourth-order valence-corrected chi connectivity index (χ4v) is 3.92. The van der Waals surface area contributed by atoms with Crippen LogP contribution in [0.4, 0.5) is 0 Å². The zero-order chi connectivity index (χ0) is 22.7. The summed E-state index contributed by atoms with van der Waals surface area (Å²) in [5.74, 6) is -0.784. The first-order valence-corrected chi connectivity index (χ1v) is 10.5. The molecule has 7 heteroatoms. The third kappa shape index (κ3) is 4.38. The summed E-state index contributed by atoms with van der Waals surface area (Å²) in [4.78, 5) is 10.8. The van der Waals surface area contributed by atoms with E-state index in [0.29, 0.717) is 16.8 Å². The van der Waals surface area contributed by atoms with Crippen LogP contribution >= 0.6 is 12.2 Å². The fraction of sp³-hybridized carbons (Fsp3) is 0.0800. The fourth-order valence-electron chi connectivity index (χ4n) is 3.56. The number of nitrogen functional groups attached to an aromatic ring is 1. The van der Waals surface area contributed by atoms with Crippen LogP contribution in [0, 0.1) is 10.2 Å². The molecule has 0 fully saturated rings. The molecule has 6 nitrogen and oxygen atoms in total. The van der Waals surface area contributed by atoms with Crippen LogP contribution < -0.4 is 5.73 Å². The second kappa shape index (κ2) is 9.03. The third-order valence-electron chi connectivity index (χ3n) is 5.24. The summed E-state index contributed by atoms with van der Waals surface area (Å²) in [6, 6.07) is 25.2. The van der Waals surface area contributed by atoms with Crippen LogP contribution in [0.25, 0.3) is 22.6 Å².